The average Bonchev–Trinajstić information content (AvgIpc) is 2.80. The first-order valence-electron chi connectivity index (χ1n) is 6.73. The standard InChI is InChI=1S/C12H21N5O/c18-12(11-9-15-17-16-11)14-8-7-13-10-5-3-1-2-4-6-10/h9-10,13H,1-8H2,(H,14,18)(H,15,16,17). The number of rotatable bonds is 5. The highest BCUT2D eigenvalue weighted by Gasteiger charge is 2.11. The molecule has 0 saturated heterocycles. The van der Waals surface area contributed by atoms with E-state index in [0.29, 0.717) is 18.3 Å². The molecule has 0 spiro atoms. The maximum Gasteiger partial charge on any atom is 0.273 e. The number of aromatic amines is 1. The van der Waals surface area contributed by atoms with Crippen molar-refractivity contribution in [3.05, 3.63) is 11.9 Å². The molecule has 1 fully saturated rings. The number of aromatic nitrogens is 3. The van der Waals surface area contributed by atoms with Crippen LogP contribution in [-0.4, -0.2) is 40.4 Å². The van der Waals surface area contributed by atoms with Gasteiger partial charge < -0.3 is 10.6 Å². The molecule has 6 heteroatoms. The van der Waals surface area contributed by atoms with E-state index in [-0.39, 0.29) is 5.91 Å². The van der Waals surface area contributed by atoms with E-state index >= 15 is 0 Å². The first-order chi connectivity index (χ1) is 8.86. The van der Waals surface area contributed by atoms with Crippen molar-refractivity contribution in [2.24, 2.45) is 0 Å². The Morgan fingerprint density at radius 1 is 1.28 bits per heavy atom. The van der Waals surface area contributed by atoms with Gasteiger partial charge in [-0.15, -0.1) is 0 Å². The van der Waals surface area contributed by atoms with Crippen LogP contribution >= 0.6 is 0 Å². The van der Waals surface area contributed by atoms with Gasteiger partial charge in [-0.3, -0.25) is 4.79 Å². The summed E-state index contributed by atoms with van der Waals surface area (Å²) in [6.07, 6.45) is 9.32. The minimum Gasteiger partial charge on any atom is -0.349 e. The lowest BCUT2D eigenvalue weighted by molar-refractivity contribution is 0.0948. The molecule has 0 unspecified atom stereocenters. The second-order valence-corrected chi connectivity index (χ2v) is 4.75. The molecule has 1 amide bonds. The zero-order chi connectivity index (χ0) is 12.6. The van der Waals surface area contributed by atoms with E-state index in [9.17, 15) is 4.79 Å². The van der Waals surface area contributed by atoms with E-state index in [4.69, 9.17) is 0 Å². The van der Waals surface area contributed by atoms with Crippen LogP contribution in [0.1, 0.15) is 49.0 Å². The topological polar surface area (TPSA) is 82.7 Å². The zero-order valence-corrected chi connectivity index (χ0v) is 10.6. The molecule has 1 heterocycles. The Kier molecular flexibility index (Phi) is 5.14. The fraction of sp³-hybridized carbons (Fsp3) is 0.750. The Morgan fingerprint density at radius 2 is 2.06 bits per heavy atom. The Morgan fingerprint density at radius 3 is 2.72 bits per heavy atom. The van der Waals surface area contributed by atoms with Gasteiger partial charge in [0.25, 0.3) is 5.91 Å². The van der Waals surface area contributed by atoms with E-state index in [1.165, 1.54) is 44.7 Å². The number of nitrogens with zero attached hydrogens (tertiary/aromatic N) is 2. The predicted molar refractivity (Wildman–Crippen MR) is 68.2 cm³/mol. The largest absolute Gasteiger partial charge is 0.349 e. The molecule has 0 aliphatic heterocycles. The van der Waals surface area contributed by atoms with E-state index in [0.717, 1.165) is 6.54 Å². The maximum absolute atomic E-state index is 11.6. The van der Waals surface area contributed by atoms with Gasteiger partial charge in [0.1, 0.15) is 0 Å². The van der Waals surface area contributed by atoms with Crippen LogP contribution in [0, 0.1) is 0 Å². The maximum atomic E-state index is 11.6. The predicted octanol–water partition coefficient (Wildman–Crippen LogP) is 0.847. The summed E-state index contributed by atoms with van der Waals surface area (Å²) >= 11 is 0. The van der Waals surface area contributed by atoms with Crippen LogP contribution in [0.4, 0.5) is 0 Å². The molecule has 2 rings (SSSR count). The van der Waals surface area contributed by atoms with Crippen molar-refractivity contribution in [3.8, 4) is 0 Å². The molecule has 0 bridgehead atoms. The monoisotopic (exact) mass is 251 g/mol. The smallest absolute Gasteiger partial charge is 0.273 e. The molecule has 0 aromatic carbocycles. The zero-order valence-electron chi connectivity index (χ0n) is 10.6. The van der Waals surface area contributed by atoms with Gasteiger partial charge in [0.15, 0.2) is 5.69 Å². The minimum absolute atomic E-state index is 0.175. The van der Waals surface area contributed by atoms with Crippen LogP contribution in [0.25, 0.3) is 0 Å². The summed E-state index contributed by atoms with van der Waals surface area (Å²) < 4.78 is 0. The van der Waals surface area contributed by atoms with Gasteiger partial charge in [0.05, 0.1) is 6.20 Å². The lowest BCUT2D eigenvalue weighted by Gasteiger charge is -2.16. The molecule has 0 atom stereocenters. The van der Waals surface area contributed by atoms with Gasteiger partial charge in [0, 0.05) is 19.1 Å². The van der Waals surface area contributed by atoms with Gasteiger partial charge in [-0.25, -0.2) is 0 Å². The fourth-order valence-electron chi connectivity index (χ4n) is 2.34. The number of hydrogen-bond donors (Lipinski definition) is 3. The highest BCUT2D eigenvalue weighted by atomic mass is 16.1. The number of amides is 1. The highest BCUT2D eigenvalue weighted by Crippen LogP contribution is 2.16. The van der Waals surface area contributed by atoms with Crippen molar-refractivity contribution in [1.82, 2.24) is 26.0 Å². The van der Waals surface area contributed by atoms with Crippen molar-refractivity contribution in [1.29, 1.82) is 0 Å². The number of hydrogen-bond acceptors (Lipinski definition) is 4. The molecule has 1 aliphatic rings. The summed E-state index contributed by atoms with van der Waals surface area (Å²) in [4.78, 5) is 11.6. The lowest BCUT2D eigenvalue weighted by atomic mass is 10.1. The Balaban J connectivity index is 1.59. The molecule has 3 N–H and O–H groups in total. The third kappa shape index (κ3) is 4.10. The van der Waals surface area contributed by atoms with Crippen molar-refractivity contribution in [3.63, 3.8) is 0 Å². The van der Waals surface area contributed by atoms with Crippen LogP contribution in [0.15, 0.2) is 6.20 Å². The summed E-state index contributed by atoms with van der Waals surface area (Å²) in [5.41, 5.74) is 0.337. The van der Waals surface area contributed by atoms with Crippen LogP contribution < -0.4 is 10.6 Å². The van der Waals surface area contributed by atoms with Crippen LogP contribution in [0.2, 0.25) is 0 Å². The second kappa shape index (κ2) is 7.10. The quantitative estimate of drug-likeness (QED) is 0.535. The Labute approximate surface area is 107 Å². The molecule has 1 aromatic heterocycles. The summed E-state index contributed by atoms with van der Waals surface area (Å²) in [5, 5.41) is 16.1. The summed E-state index contributed by atoms with van der Waals surface area (Å²) in [7, 11) is 0. The van der Waals surface area contributed by atoms with E-state index in [1.807, 2.05) is 0 Å². The van der Waals surface area contributed by atoms with Crippen molar-refractivity contribution >= 4 is 5.91 Å². The van der Waals surface area contributed by atoms with Gasteiger partial charge in [-0.05, 0) is 12.8 Å². The van der Waals surface area contributed by atoms with Crippen LogP contribution in [0.3, 0.4) is 0 Å². The van der Waals surface area contributed by atoms with E-state index in [2.05, 4.69) is 26.0 Å². The minimum atomic E-state index is -0.175. The molecule has 18 heavy (non-hydrogen) atoms. The highest BCUT2D eigenvalue weighted by molar-refractivity contribution is 5.91. The average molecular weight is 251 g/mol. The van der Waals surface area contributed by atoms with Gasteiger partial charge >= 0.3 is 0 Å². The molecule has 6 nitrogen and oxygen atoms in total. The van der Waals surface area contributed by atoms with Crippen LogP contribution in [0.5, 0.6) is 0 Å². The van der Waals surface area contributed by atoms with Gasteiger partial charge in [0.2, 0.25) is 0 Å². The summed E-state index contributed by atoms with van der Waals surface area (Å²) in [6.45, 7) is 1.44. The van der Waals surface area contributed by atoms with Crippen LogP contribution in [-0.2, 0) is 0 Å². The molecule has 1 aliphatic carbocycles. The van der Waals surface area contributed by atoms with E-state index in [1.54, 1.807) is 0 Å². The number of H-pyrrole nitrogens is 1. The number of nitrogens with one attached hydrogen (secondary N) is 3. The fourth-order valence-corrected chi connectivity index (χ4v) is 2.34. The third-order valence-corrected chi connectivity index (χ3v) is 3.35. The van der Waals surface area contributed by atoms with Gasteiger partial charge in [-0.2, -0.15) is 15.4 Å². The first kappa shape index (κ1) is 13.0. The van der Waals surface area contributed by atoms with Crippen molar-refractivity contribution in [2.75, 3.05) is 13.1 Å². The van der Waals surface area contributed by atoms with Crippen molar-refractivity contribution < 1.29 is 4.79 Å². The Bertz CT molecular complexity index is 343. The van der Waals surface area contributed by atoms with E-state index < -0.39 is 0 Å². The lowest BCUT2D eigenvalue weighted by Crippen LogP contribution is -2.37. The molecule has 1 saturated carbocycles. The molecule has 100 valence electrons. The third-order valence-electron chi connectivity index (χ3n) is 3.35. The Hall–Kier alpha value is -1.43. The molecule has 1 aromatic rings. The van der Waals surface area contributed by atoms with Crippen molar-refractivity contribution in [2.45, 2.75) is 44.6 Å². The second-order valence-electron chi connectivity index (χ2n) is 4.75. The first-order valence-corrected chi connectivity index (χ1v) is 6.73. The molecular formula is C12H21N5O. The SMILES string of the molecule is O=C(NCCNC1CCCCCC1)c1cn[nH]n1. The summed E-state index contributed by atoms with van der Waals surface area (Å²) in [6, 6.07) is 0.622. The molecule has 0 radical (unpaired) electrons. The summed E-state index contributed by atoms with van der Waals surface area (Å²) in [5.74, 6) is -0.175. The number of carbonyl (C=O) groups excluding carboxylic acids is 1. The number of carbonyl (C=O) groups is 1. The van der Waals surface area contributed by atoms with Gasteiger partial charge in [-0.1, -0.05) is 25.7 Å². The normalized spacial score (nSPS) is 17.3. The molecular weight excluding hydrogens is 230 g/mol.